The van der Waals surface area contributed by atoms with Gasteiger partial charge in [0.15, 0.2) is 0 Å². The summed E-state index contributed by atoms with van der Waals surface area (Å²) in [4.78, 5) is 0. The monoisotopic (exact) mass is 634 g/mol. The van der Waals surface area contributed by atoms with E-state index in [1.165, 1.54) is 0 Å². The summed E-state index contributed by atoms with van der Waals surface area (Å²) >= 11 is 0. The van der Waals surface area contributed by atoms with Crippen LogP contribution < -0.4 is 0 Å². The maximum Gasteiger partial charge on any atom is 0.448 e. The van der Waals surface area contributed by atoms with Crippen LogP contribution in [0.15, 0.2) is 22.7 Å². The molecule has 0 spiro atoms. The lowest BCUT2D eigenvalue weighted by atomic mass is 9.83. The van der Waals surface area contributed by atoms with Gasteiger partial charge in [0, 0.05) is 5.57 Å². The highest BCUT2D eigenvalue weighted by atomic mass is 19.4. The highest BCUT2D eigenvalue weighted by Crippen LogP contribution is 2.52. The summed E-state index contributed by atoms with van der Waals surface area (Å²) in [5.41, 5.74) is -21.3. The maximum atomic E-state index is 14.5. The predicted molar refractivity (Wildman–Crippen MR) is 99.6 cm³/mol. The van der Waals surface area contributed by atoms with Crippen molar-refractivity contribution in [2.45, 2.75) is 82.5 Å². The van der Waals surface area contributed by atoms with Gasteiger partial charge in [-0.25, -0.2) is 13.2 Å². The molecule has 0 heterocycles. The minimum absolute atomic E-state index is 0.114. The van der Waals surface area contributed by atoms with Crippen LogP contribution in [0.2, 0.25) is 0 Å². The van der Waals surface area contributed by atoms with Crippen LogP contribution >= 0.6 is 0 Å². The summed E-state index contributed by atoms with van der Waals surface area (Å²) in [5, 5.41) is 0. The van der Waals surface area contributed by atoms with Crippen molar-refractivity contribution in [3.63, 3.8) is 0 Å². The molecule has 0 amide bonds. The fourth-order valence-electron chi connectivity index (χ4n) is 3.24. The van der Waals surface area contributed by atoms with Crippen molar-refractivity contribution < 1.29 is 88.5 Å². The Balaban J connectivity index is 6.75. The highest BCUT2D eigenvalue weighted by molar-refractivity contribution is 5.32. The van der Waals surface area contributed by atoms with E-state index in [0.29, 0.717) is 0 Å². The van der Waals surface area contributed by atoms with Crippen LogP contribution in [0.1, 0.15) is 34.6 Å². The molecule has 0 bridgehead atoms. The summed E-state index contributed by atoms with van der Waals surface area (Å²) in [5.74, 6) is -8.85. The SMILES string of the molecule is CC(OCCO/C(=C(\C(C)C(F)(F)F)C(C)(F)C(F)(F)F)C(F)(F)F)=C(C(C)(F)C(F)(F)F)C(C)(F)C(F)(F)F. The highest BCUT2D eigenvalue weighted by Gasteiger charge is 2.68. The molecule has 0 saturated carbocycles. The first-order valence-electron chi connectivity index (χ1n) is 10.3. The second kappa shape index (κ2) is 11.2. The molecular formula is C20H20F18O2. The number of hydrogen-bond donors (Lipinski definition) is 0. The molecule has 0 saturated heterocycles. The van der Waals surface area contributed by atoms with Crippen molar-refractivity contribution in [1.29, 1.82) is 0 Å². The van der Waals surface area contributed by atoms with Crippen LogP contribution in [0.5, 0.6) is 0 Å². The topological polar surface area (TPSA) is 18.5 Å². The molecule has 0 aliphatic carbocycles. The van der Waals surface area contributed by atoms with Crippen molar-refractivity contribution in [3.8, 4) is 0 Å². The van der Waals surface area contributed by atoms with Gasteiger partial charge in [0.25, 0.3) is 0 Å². The predicted octanol–water partition coefficient (Wildman–Crippen LogP) is 9.18. The van der Waals surface area contributed by atoms with E-state index in [0.717, 1.165) is 0 Å². The largest absolute Gasteiger partial charge is 0.494 e. The van der Waals surface area contributed by atoms with Gasteiger partial charge in [0.05, 0.1) is 17.3 Å². The zero-order valence-corrected chi connectivity index (χ0v) is 20.6. The number of ether oxygens (including phenoxy) is 2. The number of rotatable bonds is 9. The van der Waals surface area contributed by atoms with E-state index in [4.69, 9.17) is 0 Å². The van der Waals surface area contributed by atoms with Gasteiger partial charge in [-0.3, -0.25) is 0 Å². The van der Waals surface area contributed by atoms with E-state index in [9.17, 15) is 79.0 Å². The molecule has 2 nitrogen and oxygen atoms in total. The summed E-state index contributed by atoms with van der Waals surface area (Å²) in [6, 6.07) is 0. The first-order chi connectivity index (χ1) is 17.2. The van der Waals surface area contributed by atoms with Crippen LogP contribution in [0.25, 0.3) is 0 Å². The van der Waals surface area contributed by atoms with Crippen molar-refractivity contribution in [3.05, 3.63) is 22.7 Å². The fourth-order valence-corrected chi connectivity index (χ4v) is 3.24. The van der Waals surface area contributed by atoms with Gasteiger partial charge >= 0.3 is 30.9 Å². The molecule has 238 valence electrons. The van der Waals surface area contributed by atoms with Crippen molar-refractivity contribution in [1.82, 2.24) is 0 Å². The van der Waals surface area contributed by atoms with Gasteiger partial charge in [-0.05, 0) is 34.6 Å². The molecular weight excluding hydrogens is 614 g/mol. The number of alkyl halides is 18. The molecule has 0 aliphatic heterocycles. The Kier molecular flexibility index (Phi) is 10.6. The van der Waals surface area contributed by atoms with Gasteiger partial charge in [0.1, 0.15) is 13.2 Å². The number of hydrogen-bond acceptors (Lipinski definition) is 2. The Bertz CT molecular complexity index is 911. The third kappa shape index (κ3) is 7.97. The Morgan fingerprint density at radius 2 is 0.875 bits per heavy atom. The van der Waals surface area contributed by atoms with Gasteiger partial charge < -0.3 is 9.47 Å². The molecule has 0 aromatic carbocycles. The number of halogens is 18. The summed E-state index contributed by atoms with van der Waals surface area (Å²) in [7, 11) is 0. The lowest BCUT2D eigenvalue weighted by Gasteiger charge is -2.36. The van der Waals surface area contributed by atoms with E-state index < -0.39 is 110 Å². The van der Waals surface area contributed by atoms with Crippen LogP contribution in [0.4, 0.5) is 79.0 Å². The van der Waals surface area contributed by atoms with E-state index in [-0.39, 0.29) is 13.8 Å². The lowest BCUT2D eigenvalue weighted by Crippen LogP contribution is -2.52. The minimum atomic E-state index is -6.38. The zero-order chi connectivity index (χ0) is 32.7. The summed E-state index contributed by atoms with van der Waals surface area (Å²) < 4.78 is 249. The molecule has 0 aliphatic rings. The van der Waals surface area contributed by atoms with Gasteiger partial charge in [0.2, 0.25) is 22.8 Å². The molecule has 40 heavy (non-hydrogen) atoms. The minimum Gasteiger partial charge on any atom is -0.494 e. The first kappa shape index (κ1) is 37.8. The van der Waals surface area contributed by atoms with E-state index >= 15 is 0 Å². The molecule has 0 N–H and O–H groups in total. The Morgan fingerprint density at radius 1 is 0.550 bits per heavy atom. The second-order valence-corrected chi connectivity index (χ2v) is 8.63. The smallest absolute Gasteiger partial charge is 0.448 e. The normalized spacial score (nSPS) is 20.0. The zero-order valence-electron chi connectivity index (χ0n) is 20.6. The molecule has 20 heteroatoms. The molecule has 4 unspecified atom stereocenters. The van der Waals surface area contributed by atoms with Crippen molar-refractivity contribution >= 4 is 0 Å². The van der Waals surface area contributed by atoms with Crippen LogP contribution in [0, 0.1) is 5.92 Å². The second-order valence-electron chi connectivity index (χ2n) is 8.63. The molecule has 0 radical (unpaired) electrons. The third-order valence-electron chi connectivity index (χ3n) is 5.47. The average Bonchev–Trinajstić information content (AvgIpc) is 2.65. The van der Waals surface area contributed by atoms with Crippen molar-refractivity contribution in [2.24, 2.45) is 5.92 Å². The standard InChI is InChI=1S/C20H20F18O2/c1-8(16(24,25)26)10(13(3,21)18(30,31)32)12(17(27,28)29)40-7-6-39-9(2)11(14(4,22)19(33,34)35)15(5,23)20(36,37)38/h8H,6-7H2,1-5H3/b11-9?,12-10+. The van der Waals surface area contributed by atoms with Crippen LogP contribution in [0.3, 0.4) is 0 Å². The van der Waals surface area contributed by atoms with Gasteiger partial charge in [-0.1, -0.05) is 0 Å². The quantitative estimate of drug-likeness (QED) is 0.143. The molecule has 0 aromatic heterocycles. The molecule has 0 aromatic rings. The maximum absolute atomic E-state index is 14.5. The summed E-state index contributed by atoms with van der Waals surface area (Å²) in [6.07, 6.45) is -31.0. The van der Waals surface area contributed by atoms with E-state index in [1.54, 1.807) is 0 Å². The number of allylic oxidation sites excluding steroid dienone is 4. The van der Waals surface area contributed by atoms with E-state index in [1.807, 2.05) is 0 Å². The van der Waals surface area contributed by atoms with E-state index in [2.05, 4.69) is 9.47 Å². The Hall–Kier alpha value is -2.18. The Labute approximate surface area is 214 Å². The van der Waals surface area contributed by atoms with Crippen LogP contribution in [-0.2, 0) is 9.47 Å². The van der Waals surface area contributed by atoms with Crippen LogP contribution in [-0.4, -0.2) is 61.1 Å². The average molecular weight is 634 g/mol. The lowest BCUT2D eigenvalue weighted by molar-refractivity contribution is -0.245. The van der Waals surface area contributed by atoms with Gasteiger partial charge in [-0.15, -0.1) is 0 Å². The first-order valence-corrected chi connectivity index (χ1v) is 10.3. The van der Waals surface area contributed by atoms with Crippen molar-refractivity contribution in [2.75, 3.05) is 13.2 Å². The molecule has 0 fully saturated rings. The fraction of sp³-hybridized carbons (Fsp3) is 0.800. The molecule has 0 rings (SSSR count). The third-order valence-corrected chi connectivity index (χ3v) is 5.47. The molecule has 4 atom stereocenters. The Morgan fingerprint density at radius 3 is 1.15 bits per heavy atom. The summed E-state index contributed by atoms with van der Waals surface area (Å²) in [6.45, 7) is -5.57. The van der Waals surface area contributed by atoms with Gasteiger partial charge in [-0.2, -0.15) is 65.9 Å².